The molecule has 1 heterocycles. The van der Waals surface area contributed by atoms with Gasteiger partial charge in [-0.2, -0.15) is 0 Å². The summed E-state index contributed by atoms with van der Waals surface area (Å²) in [4.78, 5) is 4.49. The van der Waals surface area contributed by atoms with Crippen LogP contribution >= 0.6 is 0 Å². The van der Waals surface area contributed by atoms with Gasteiger partial charge < -0.3 is 5.11 Å². The molecule has 1 aromatic heterocycles. The molecule has 2 heteroatoms. The van der Waals surface area contributed by atoms with Crippen molar-refractivity contribution in [3.05, 3.63) is 29.6 Å². The first-order chi connectivity index (χ1) is 8.13. The minimum absolute atomic E-state index is 0.0551. The Morgan fingerprint density at radius 3 is 2.94 bits per heavy atom. The SMILES string of the molecule is C[C@@]12CCCC[C@]1(O)CCc1ncccc1C2. The van der Waals surface area contributed by atoms with Crippen molar-refractivity contribution in [1.29, 1.82) is 0 Å². The van der Waals surface area contributed by atoms with E-state index in [0.29, 0.717) is 0 Å². The first kappa shape index (κ1) is 11.2. The Hall–Kier alpha value is -0.890. The van der Waals surface area contributed by atoms with Crippen LogP contribution in [-0.2, 0) is 12.8 Å². The standard InChI is InChI=1S/C15H21NO/c1-14-7-2-3-8-15(14,17)9-6-13-12(11-14)5-4-10-16-13/h4-5,10,17H,2-3,6-9,11H2,1H3/t14-,15-/m0/s1. The first-order valence-electron chi connectivity index (χ1n) is 6.78. The molecule has 17 heavy (non-hydrogen) atoms. The van der Waals surface area contributed by atoms with Crippen LogP contribution in [0.2, 0.25) is 0 Å². The van der Waals surface area contributed by atoms with Crippen molar-refractivity contribution >= 4 is 0 Å². The molecule has 92 valence electrons. The van der Waals surface area contributed by atoms with E-state index in [4.69, 9.17) is 0 Å². The Morgan fingerprint density at radius 2 is 2.06 bits per heavy atom. The molecule has 2 aliphatic rings. The van der Waals surface area contributed by atoms with Crippen molar-refractivity contribution in [1.82, 2.24) is 4.98 Å². The van der Waals surface area contributed by atoms with E-state index in [2.05, 4.69) is 18.0 Å². The second-order valence-electron chi connectivity index (χ2n) is 6.09. The van der Waals surface area contributed by atoms with Crippen LogP contribution in [0.1, 0.15) is 50.3 Å². The van der Waals surface area contributed by atoms with Crippen LogP contribution in [0, 0.1) is 5.41 Å². The molecule has 0 aromatic carbocycles. The highest BCUT2D eigenvalue weighted by atomic mass is 16.3. The lowest BCUT2D eigenvalue weighted by Crippen LogP contribution is -2.49. The van der Waals surface area contributed by atoms with E-state index in [9.17, 15) is 5.11 Å². The monoisotopic (exact) mass is 231 g/mol. The summed E-state index contributed by atoms with van der Waals surface area (Å²) in [5.41, 5.74) is 2.15. The van der Waals surface area contributed by atoms with Crippen molar-refractivity contribution in [3.8, 4) is 0 Å². The Labute approximate surface area is 103 Å². The highest BCUT2D eigenvalue weighted by Gasteiger charge is 2.49. The van der Waals surface area contributed by atoms with E-state index in [1.165, 1.54) is 24.1 Å². The number of hydrogen-bond donors (Lipinski definition) is 1. The molecule has 2 nitrogen and oxygen atoms in total. The fraction of sp³-hybridized carbons (Fsp3) is 0.667. The van der Waals surface area contributed by atoms with Gasteiger partial charge in [0.1, 0.15) is 0 Å². The van der Waals surface area contributed by atoms with Gasteiger partial charge in [0.15, 0.2) is 0 Å². The van der Waals surface area contributed by atoms with Gasteiger partial charge in [-0.15, -0.1) is 0 Å². The largest absolute Gasteiger partial charge is 0.389 e. The Bertz CT molecular complexity index is 431. The van der Waals surface area contributed by atoms with Crippen LogP contribution in [0.4, 0.5) is 0 Å². The lowest BCUT2D eigenvalue weighted by Gasteiger charge is -2.48. The molecule has 3 rings (SSSR count). The minimum atomic E-state index is -0.466. The van der Waals surface area contributed by atoms with E-state index in [1.54, 1.807) is 0 Å². The number of pyridine rings is 1. The van der Waals surface area contributed by atoms with Crippen LogP contribution in [0.15, 0.2) is 18.3 Å². The summed E-state index contributed by atoms with van der Waals surface area (Å²) < 4.78 is 0. The van der Waals surface area contributed by atoms with Crippen LogP contribution in [0.5, 0.6) is 0 Å². The summed E-state index contributed by atoms with van der Waals surface area (Å²) >= 11 is 0. The molecule has 0 bridgehead atoms. The average Bonchev–Trinajstić information content (AvgIpc) is 2.44. The van der Waals surface area contributed by atoms with E-state index in [0.717, 1.165) is 32.1 Å². The minimum Gasteiger partial charge on any atom is -0.389 e. The molecular weight excluding hydrogens is 210 g/mol. The molecule has 0 aliphatic heterocycles. The van der Waals surface area contributed by atoms with Gasteiger partial charge in [-0.05, 0) is 43.7 Å². The fourth-order valence-electron chi connectivity index (χ4n) is 3.75. The van der Waals surface area contributed by atoms with E-state index < -0.39 is 5.60 Å². The molecule has 1 fully saturated rings. The van der Waals surface area contributed by atoms with Crippen LogP contribution in [-0.4, -0.2) is 15.7 Å². The molecule has 0 spiro atoms. The number of fused-ring (bicyclic) bond motifs is 2. The third kappa shape index (κ3) is 1.70. The topological polar surface area (TPSA) is 33.1 Å². The number of hydrogen-bond acceptors (Lipinski definition) is 2. The molecule has 1 N–H and O–H groups in total. The van der Waals surface area contributed by atoms with Crippen LogP contribution in [0.25, 0.3) is 0 Å². The second-order valence-corrected chi connectivity index (χ2v) is 6.09. The molecule has 0 amide bonds. The summed E-state index contributed by atoms with van der Waals surface area (Å²) in [5.74, 6) is 0. The van der Waals surface area contributed by atoms with Gasteiger partial charge in [-0.25, -0.2) is 0 Å². The summed E-state index contributed by atoms with van der Waals surface area (Å²) in [5, 5.41) is 11.0. The number of nitrogens with zero attached hydrogens (tertiary/aromatic N) is 1. The van der Waals surface area contributed by atoms with Crippen molar-refractivity contribution in [2.24, 2.45) is 5.41 Å². The maximum Gasteiger partial charge on any atom is 0.0708 e. The predicted molar refractivity (Wildman–Crippen MR) is 67.8 cm³/mol. The van der Waals surface area contributed by atoms with E-state index in [1.807, 2.05) is 12.3 Å². The van der Waals surface area contributed by atoms with Crippen molar-refractivity contribution in [2.75, 3.05) is 0 Å². The Balaban J connectivity index is 2.02. The molecule has 1 saturated carbocycles. The number of aromatic nitrogens is 1. The highest BCUT2D eigenvalue weighted by molar-refractivity contribution is 5.25. The number of aliphatic hydroxyl groups is 1. The fourth-order valence-corrected chi connectivity index (χ4v) is 3.75. The van der Waals surface area contributed by atoms with Gasteiger partial charge in [0.2, 0.25) is 0 Å². The molecule has 2 atom stereocenters. The molecule has 0 saturated heterocycles. The summed E-state index contributed by atoms with van der Waals surface area (Å²) in [6.07, 6.45) is 9.24. The molecule has 0 radical (unpaired) electrons. The molecule has 1 aromatic rings. The smallest absolute Gasteiger partial charge is 0.0708 e. The van der Waals surface area contributed by atoms with Gasteiger partial charge in [0.25, 0.3) is 0 Å². The van der Waals surface area contributed by atoms with Crippen LogP contribution in [0.3, 0.4) is 0 Å². The zero-order valence-electron chi connectivity index (χ0n) is 10.6. The lowest BCUT2D eigenvalue weighted by atomic mass is 9.61. The normalized spacial score (nSPS) is 36.8. The number of aryl methyl sites for hydroxylation is 1. The summed E-state index contributed by atoms with van der Waals surface area (Å²) in [7, 11) is 0. The quantitative estimate of drug-likeness (QED) is 0.744. The van der Waals surface area contributed by atoms with Gasteiger partial charge in [0.05, 0.1) is 5.60 Å². The third-order valence-electron chi connectivity index (χ3n) is 5.03. The van der Waals surface area contributed by atoms with Gasteiger partial charge in [-0.3, -0.25) is 4.98 Å². The van der Waals surface area contributed by atoms with Gasteiger partial charge in [-0.1, -0.05) is 25.8 Å². The molecule has 0 unspecified atom stereocenters. The zero-order valence-corrected chi connectivity index (χ0v) is 10.6. The Kier molecular flexibility index (Phi) is 2.51. The average molecular weight is 231 g/mol. The maximum atomic E-state index is 11.0. The van der Waals surface area contributed by atoms with Crippen molar-refractivity contribution in [2.45, 2.75) is 57.5 Å². The first-order valence-corrected chi connectivity index (χ1v) is 6.78. The van der Waals surface area contributed by atoms with Crippen LogP contribution < -0.4 is 0 Å². The van der Waals surface area contributed by atoms with Gasteiger partial charge >= 0.3 is 0 Å². The van der Waals surface area contributed by atoms with E-state index in [-0.39, 0.29) is 5.41 Å². The third-order valence-corrected chi connectivity index (χ3v) is 5.03. The molecule has 2 aliphatic carbocycles. The van der Waals surface area contributed by atoms with Crippen molar-refractivity contribution < 1.29 is 5.11 Å². The predicted octanol–water partition coefficient (Wildman–Crippen LogP) is 2.88. The number of rotatable bonds is 0. The van der Waals surface area contributed by atoms with Gasteiger partial charge in [0, 0.05) is 17.3 Å². The lowest BCUT2D eigenvalue weighted by molar-refractivity contribution is -0.108. The summed E-state index contributed by atoms with van der Waals surface area (Å²) in [6, 6.07) is 4.21. The maximum absolute atomic E-state index is 11.0. The summed E-state index contributed by atoms with van der Waals surface area (Å²) in [6.45, 7) is 2.27. The van der Waals surface area contributed by atoms with E-state index >= 15 is 0 Å². The molecular formula is C15H21NO. The van der Waals surface area contributed by atoms with Crippen molar-refractivity contribution in [3.63, 3.8) is 0 Å². The highest BCUT2D eigenvalue weighted by Crippen LogP contribution is 2.50. The second kappa shape index (κ2) is 3.81. The zero-order chi connectivity index (χ0) is 11.9. The Morgan fingerprint density at radius 1 is 1.24 bits per heavy atom.